The van der Waals surface area contributed by atoms with E-state index in [2.05, 4.69) is 267 Å². The minimum Gasteiger partial charge on any atom is -0.310 e. The molecule has 0 saturated carbocycles. The van der Waals surface area contributed by atoms with Crippen LogP contribution in [0, 0.1) is 0 Å². The summed E-state index contributed by atoms with van der Waals surface area (Å²) in [6, 6.07) is 91.9. The van der Waals surface area contributed by atoms with Crippen molar-refractivity contribution in [1.29, 1.82) is 0 Å². The Morgan fingerprint density at radius 3 is 1.38 bits per heavy atom. The average molecular weight is 830 g/mol. The largest absolute Gasteiger partial charge is 0.310 e. The molecule has 12 rings (SSSR count). The van der Waals surface area contributed by atoms with Crippen LogP contribution in [0.5, 0.6) is 0 Å². The second kappa shape index (κ2) is 15.4. The molecule has 1 nitrogen and oxygen atoms in total. The number of nitrogens with zero attached hydrogens (tertiary/aromatic N) is 1. The number of hydrogen-bond acceptors (Lipinski definition) is 1. The SMILES string of the molecule is CC1(C)c2ccccc2-c2ccc(N(c3ccc(-c4ccc(-c5ccccc5)cc4)cc3)c3cccc(-c4cccc5c4-c4ccccc4C5(c4ccccc4)c4ccccc4)c3)cc21. The molecule has 0 radical (unpaired) electrons. The van der Waals surface area contributed by atoms with Crippen LogP contribution >= 0.6 is 0 Å². The van der Waals surface area contributed by atoms with Gasteiger partial charge in [-0.05, 0) is 125 Å². The highest BCUT2D eigenvalue weighted by molar-refractivity contribution is 5.96. The Hall–Kier alpha value is -8.00. The second-order valence-corrected chi connectivity index (χ2v) is 18.0. The Morgan fingerprint density at radius 2 is 0.723 bits per heavy atom. The van der Waals surface area contributed by atoms with Gasteiger partial charge in [-0.1, -0.05) is 226 Å². The number of fused-ring (bicyclic) bond motifs is 6. The Kier molecular flexibility index (Phi) is 9.14. The lowest BCUT2D eigenvalue weighted by atomic mass is 9.67. The first-order valence-corrected chi connectivity index (χ1v) is 22.8. The van der Waals surface area contributed by atoms with Crippen LogP contribution < -0.4 is 4.90 Å². The van der Waals surface area contributed by atoms with E-state index in [4.69, 9.17) is 0 Å². The maximum absolute atomic E-state index is 2.44. The standard InChI is InChI=1S/C64H47N/c1-63(2)58-29-14-12-26-55(58)56-41-40-53(43-61(56)63)65(51-38-36-47(37-39-51)46-34-32-45(33-35-46)44-18-6-3-7-19-44)52-25-16-20-48(42-52)54-28-17-31-60-62(54)57-27-13-15-30-59(57)64(60,49-21-8-4-9-22-49)50-23-10-5-11-24-50/h3-43H,1-2H3. The molecule has 0 aliphatic heterocycles. The average Bonchev–Trinajstić information content (AvgIpc) is 3.81. The van der Waals surface area contributed by atoms with Crippen molar-refractivity contribution in [3.8, 4) is 55.6 Å². The lowest BCUT2D eigenvalue weighted by molar-refractivity contribution is 0.660. The number of hydrogen-bond donors (Lipinski definition) is 0. The molecule has 10 aromatic rings. The van der Waals surface area contributed by atoms with Gasteiger partial charge in [0, 0.05) is 22.5 Å². The summed E-state index contributed by atoms with van der Waals surface area (Å²) in [6.07, 6.45) is 0. The Balaban J connectivity index is 1.01. The molecule has 10 aromatic carbocycles. The van der Waals surface area contributed by atoms with E-state index in [-0.39, 0.29) is 5.41 Å². The van der Waals surface area contributed by atoms with Gasteiger partial charge < -0.3 is 4.90 Å². The molecule has 2 aliphatic rings. The normalized spacial score (nSPS) is 13.6. The van der Waals surface area contributed by atoms with Crippen molar-refractivity contribution >= 4 is 17.1 Å². The third kappa shape index (κ3) is 6.15. The molecule has 2 aliphatic carbocycles. The van der Waals surface area contributed by atoms with E-state index in [1.54, 1.807) is 0 Å². The molecule has 0 heterocycles. The van der Waals surface area contributed by atoms with Crippen LogP contribution in [-0.2, 0) is 10.8 Å². The lowest BCUT2D eigenvalue weighted by Crippen LogP contribution is -2.28. The van der Waals surface area contributed by atoms with E-state index in [9.17, 15) is 0 Å². The molecular formula is C64H47N. The summed E-state index contributed by atoms with van der Waals surface area (Å²) in [4.78, 5) is 2.44. The van der Waals surface area contributed by atoms with Crippen molar-refractivity contribution in [1.82, 2.24) is 0 Å². The smallest absolute Gasteiger partial charge is 0.0713 e. The van der Waals surface area contributed by atoms with Crippen molar-refractivity contribution in [2.45, 2.75) is 24.7 Å². The molecule has 0 fully saturated rings. The molecule has 0 bridgehead atoms. The summed E-state index contributed by atoms with van der Waals surface area (Å²) in [5.74, 6) is 0. The van der Waals surface area contributed by atoms with Crippen molar-refractivity contribution in [2.24, 2.45) is 0 Å². The fourth-order valence-corrected chi connectivity index (χ4v) is 11.1. The van der Waals surface area contributed by atoms with Crippen molar-refractivity contribution in [2.75, 3.05) is 4.90 Å². The van der Waals surface area contributed by atoms with Gasteiger partial charge >= 0.3 is 0 Å². The summed E-state index contributed by atoms with van der Waals surface area (Å²) in [5.41, 5.74) is 23.1. The van der Waals surface area contributed by atoms with Crippen LogP contribution in [0.1, 0.15) is 47.2 Å². The van der Waals surface area contributed by atoms with Gasteiger partial charge in [0.1, 0.15) is 0 Å². The Labute approximate surface area is 382 Å². The molecule has 308 valence electrons. The summed E-state index contributed by atoms with van der Waals surface area (Å²) >= 11 is 0. The highest BCUT2D eigenvalue weighted by Crippen LogP contribution is 2.58. The van der Waals surface area contributed by atoms with Crippen LogP contribution in [0.25, 0.3) is 55.6 Å². The van der Waals surface area contributed by atoms with E-state index < -0.39 is 5.41 Å². The quantitative estimate of drug-likeness (QED) is 0.147. The van der Waals surface area contributed by atoms with Gasteiger partial charge in [0.15, 0.2) is 0 Å². The third-order valence-corrected chi connectivity index (χ3v) is 14.2. The zero-order valence-corrected chi connectivity index (χ0v) is 36.6. The summed E-state index contributed by atoms with van der Waals surface area (Å²) < 4.78 is 0. The van der Waals surface area contributed by atoms with E-state index in [1.165, 1.54) is 89.0 Å². The number of anilines is 3. The lowest BCUT2D eigenvalue weighted by Gasteiger charge is -2.34. The summed E-state index contributed by atoms with van der Waals surface area (Å²) in [6.45, 7) is 4.73. The van der Waals surface area contributed by atoms with Crippen LogP contribution in [0.4, 0.5) is 17.1 Å². The first kappa shape index (κ1) is 38.7. The third-order valence-electron chi connectivity index (χ3n) is 14.2. The van der Waals surface area contributed by atoms with E-state index in [0.717, 1.165) is 17.1 Å². The highest BCUT2D eigenvalue weighted by Gasteiger charge is 2.46. The Bertz CT molecular complexity index is 3320. The maximum atomic E-state index is 2.44. The second-order valence-electron chi connectivity index (χ2n) is 18.0. The number of benzene rings is 10. The van der Waals surface area contributed by atoms with Crippen molar-refractivity contribution in [3.05, 3.63) is 282 Å². The van der Waals surface area contributed by atoms with Gasteiger partial charge in [0.2, 0.25) is 0 Å². The van der Waals surface area contributed by atoms with Crippen LogP contribution in [0.3, 0.4) is 0 Å². The first-order valence-electron chi connectivity index (χ1n) is 22.8. The molecule has 1 heteroatoms. The molecule has 0 N–H and O–H groups in total. The summed E-state index contributed by atoms with van der Waals surface area (Å²) in [5, 5.41) is 0. The van der Waals surface area contributed by atoms with Crippen molar-refractivity contribution < 1.29 is 0 Å². The molecule has 65 heavy (non-hydrogen) atoms. The molecule has 0 amide bonds. The fraction of sp³-hybridized carbons (Fsp3) is 0.0625. The first-order chi connectivity index (χ1) is 32.0. The molecule has 0 spiro atoms. The van der Waals surface area contributed by atoms with Gasteiger partial charge in [-0.2, -0.15) is 0 Å². The topological polar surface area (TPSA) is 3.24 Å². The minimum atomic E-state index is -0.466. The van der Waals surface area contributed by atoms with Crippen molar-refractivity contribution in [3.63, 3.8) is 0 Å². The van der Waals surface area contributed by atoms with E-state index >= 15 is 0 Å². The monoisotopic (exact) mass is 829 g/mol. The van der Waals surface area contributed by atoms with Gasteiger partial charge in [-0.25, -0.2) is 0 Å². The van der Waals surface area contributed by atoms with Gasteiger partial charge in [-0.3, -0.25) is 0 Å². The zero-order valence-electron chi connectivity index (χ0n) is 36.6. The minimum absolute atomic E-state index is 0.132. The van der Waals surface area contributed by atoms with Crippen LogP contribution in [0.15, 0.2) is 249 Å². The van der Waals surface area contributed by atoms with Crippen LogP contribution in [-0.4, -0.2) is 0 Å². The predicted octanol–water partition coefficient (Wildman–Crippen LogP) is 16.8. The molecule has 0 aromatic heterocycles. The predicted molar refractivity (Wildman–Crippen MR) is 272 cm³/mol. The fourth-order valence-electron chi connectivity index (χ4n) is 11.1. The van der Waals surface area contributed by atoms with Crippen LogP contribution in [0.2, 0.25) is 0 Å². The molecule has 0 unspecified atom stereocenters. The summed E-state index contributed by atoms with van der Waals surface area (Å²) in [7, 11) is 0. The maximum Gasteiger partial charge on any atom is 0.0713 e. The van der Waals surface area contributed by atoms with Gasteiger partial charge in [-0.15, -0.1) is 0 Å². The van der Waals surface area contributed by atoms with E-state index in [0.29, 0.717) is 0 Å². The van der Waals surface area contributed by atoms with Gasteiger partial charge in [0.05, 0.1) is 5.41 Å². The zero-order chi connectivity index (χ0) is 43.5. The highest BCUT2D eigenvalue weighted by atomic mass is 15.1. The van der Waals surface area contributed by atoms with E-state index in [1.807, 2.05) is 0 Å². The van der Waals surface area contributed by atoms with Gasteiger partial charge in [0.25, 0.3) is 0 Å². The molecule has 0 atom stereocenters. The number of rotatable bonds is 8. The molecular weight excluding hydrogens is 783 g/mol. The molecule has 0 saturated heterocycles. The Morgan fingerprint density at radius 1 is 0.277 bits per heavy atom.